The Morgan fingerprint density at radius 3 is 2.25 bits per heavy atom. The van der Waals surface area contributed by atoms with Crippen molar-refractivity contribution >= 4 is 21.8 Å². The van der Waals surface area contributed by atoms with Crippen molar-refractivity contribution in [1.82, 2.24) is 14.2 Å². The molecule has 0 radical (unpaired) electrons. The van der Waals surface area contributed by atoms with Crippen LogP contribution in [0.3, 0.4) is 0 Å². The fourth-order valence-electron chi connectivity index (χ4n) is 3.40. The molecule has 1 aromatic heterocycles. The van der Waals surface area contributed by atoms with Gasteiger partial charge in [-0.2, -0.15) is 4.31 Å². The van der Waals surface area contributed by atoms with Gasteiger partial charge in [0.15, 0.2) is 5.03 Å². The van der Waals surface area contributed by atoms with E-state index in [0.29, 0.717) is 0 Å². The Kier molecular flexibility index (Phi) is 4.58. The largest absolute Gasteiger partial charge is 0.389 e. The molecule has 2 aliphatic rings. The second kappa shape index (κ2) is 6.93. The molecule has 2 amide bonds. The van der Waals surface area contributed by atoms with Crippen LogP contribution in [0, 0.1) is 0 Å². The fourth-order valence-corrected chi connectivity index (χ4v) is 4.74. The van der Waals surface area contributed by atoms with E-state index in [1.165, 1.54) is 24.4 Å². The molecule has 3 heterocycles. The number of pyridine rings is 1. The zero-order valence-corrected chi connectivity index (χ0v) is 15.5. The number of aliphatic hydroxyl groups is 1. The summed E-state index contributed by atoms with van der Waals surface area (Å²) in [5.74, 6) is -1.01. The number of fused-ring (bicyclic) bond motifs is 1. The number of aromatic nitrogens is 1. The predicted molar refractivity (Wildman–Crippen MR) is 98.9 cm³/mol. The second-order valence-electron chi connectivity index (χ2n) is 6.50. The van der Waals surface area contributed by atoms with Gasteiger partial charge in [0.1, 0.15) is 0 Å². The summed E-state index contributed by atoms with van der Waals surface area (Å²) in [6.45, 7) is -0.278. The summed E-state index contributed by atoms with van der Waals surface area (Å²) < 4.78 is 26.7. The lowest BCUT2D eigenvalue weighted by atomic mass is 10.1. The highest BCUT2D eigenvalue weighted by Crippen LogP contribution is 2.27. The third-order valence-corrected chi connectivity index (χ3v) is 6.54. The third kappa shape index (κ3) is 2.93. The van der Waals surface area contributed by atoms with E-state index in [1.807, 2.05) is 0 Å². The number of β-amino-alcohol motifs (C(OH)–C–C–N with tert-alkyl or cyclic N) is 1. The molecule has 0 spiro atoms. The van der Waals surface area contributed by atoms with Gasteiger partial charge in [0.25, 0.3) is 21.8 Å². The average molecular weight is 399 g/mol. The number of imide groups is 1. The van der Waals surface area contributed by atoms with Crippen molar-refractivity contribution in [1.29, 1.82) is 0 Å². The fraction of sp³-hybridized carbons (Fsp3) is 0.211. The Morgan fingerprint density at radius 2 is 1.64 bits per heavy atom. The van der Waals surface area contributed by atoms with Gasteiger partial charge in [0.2, 0.25) is 0 Å². The van der Waals surface area contributed by atoms with E-state index in [1.54, 1.807) is 36.4 Å². The summed E-state index contributed by atoms with van der Waals surface area (Å²) in [6, 6.07) is 10.0. The number of amides is 2. The van der Waals surface area contributed by atoms with Gasteiger partial charge in [-0.1, -0.05) is 30.4 Å². The van der Waals surface area contributed by atoms with Crippen LogP contribution < -0.4 is 0 Å². The summed E-state index contributed by atoms with van der Waals surface area (Å²) in [7, 11) is -3.92. The van der Waals surface area contributed by atoms with E-state index < -0.39 is 34.0 Å². The Labute approximate surface area is 161 Å². The molecule has 2 atom stereocenters. The molecule has 1 aromatic carbocycles. The van der Waals surface area contributed by atoms with Crippen molar-refractivity contribution in [3.05, 3.63) is 71.9 Å². The maximum Gasteiger partial charge on any atom is 0.262 e. The van der Waals surface area contributed by atoms with Crippen molar-refractivity contribution in [2.45, 2.75) is 17.2 Å². The van der Waals surface area contributed by atoms with E-state index in [4.69, 9.17) is 0 Å². The minimum Gasteiger partial charge on any atom is -0.389 e. The lowest BCUT2D eigenvalue weighted by Gasteiger charge is -2.28. The maximum atomic E-state index is 12.8. The smallest absolute Gasteiger partial charge is 0.262 e. The molecule has 9 heteroatoms. The number of carbonyl (C=O) groups is 2. The van der Waals surface area contributed by atoms with Gasteiger partial charge in [-0.3, -0.25) is 14.5 Å². The lowest BCUT2D eigenvalue weighted by Crippen LogP contribution is -2.49. The van der Waals surface area contributed by atoms with E-state index in [9.17, 15) is 23.1 Å². The zero-order valence-electron chi connectivity index (χ0n) is 14.7. The first kappa shape index (κ1) is 18.5. The molecule has 0 aliphatic carbocycles. The van der Waals surface area contributed by atoms with E-state index in [-0.39, 0.29) is 29.2 Å². The van der Waals surface area contributed by atoms with Crippen molar-refractivity contribution < 1.29 is 23.1 Å². The summed E-state index contributed by atoms with van der Waals surface area (Å²) in [5.41, 5.74) is 0.547. The van der Waals surface area contributed by atoms with Crippen LogP contribution in [0.25, 0.3) is 0 Å². The standard InChI is InChI=1S/C19H17N3O5S/c23-16-12-21(28(26,27)17-9-3-4-10-20-17)11-5-8-15(16)22-18(24)13-6-1-2-7-14(13)19(22)25/h1-10,15-16,23H,11-12H2/t15-,16-/m0/s1. The SMILES string of the molecule is O=C1c2ccccc2C(=O)N1[C@H]1C=CCN(S(=O)(=O)c2ccccn2)C[C@@H]1O. The van der Waals surface area contributed by atoms with Crippen LogP contribution in [0.5, 0.6) is 0 Å². The van der Waals surface area contributed by atoms with Gasteiger partial charge in [-0.05, 0) is 24.3 Å². The van der Waals surface area contributed by atoms with Crippen molar-refractivity contribution in [3.8, 4) is 0 Å². The number of aliphatic hydroxyl groups excluding tert-OH is 1. The minimum atomic E-state index is -3.92. The topological polar surface area (TPSA) is 108 Å². The molecule has 2 aromatic rings. The maximum absolute atomic E-state index is 12.8. The monoisotopic (exact) mass is 399 g/mol. The molecular formula is C19H17N3O5S. The van der Waals surface area contributed by atoms with Gasteiger partial charge >= 0.3 is 0 Å². The summed E-state index contributed by atoms with van der Waals surface area (Å²) in [4.78, 5) is 30.2. The van der Waals surface area contributed by atoms with Crippen molar-refractivity contribution in [2.24, 2.45) is 0 Å². The Bertz CT molecular complexity index is 1030. The molecule has 0 bridgehead atoms. The van der Waals surface area contributed by atoms with Crippen LogP contribution in [0.15, 0.2) is 65.8 Å². The van der Waals surface area contributed by atoms with Crippen LogP contribution in [-0.4, -0.2) is 64.8 Å². The van der Waals surface area contributed by atoms with Crippen LogP contribution in [-0.2, 0) is 10.0 Å². The molecule has 1 N–H and O–H groups in total. The zero-order chi connectivity index (χ0) is 19.9. The van der Waals surface area contributed by atoms with Gasteiger partial charge in [0, 0.05) is 19.3 Å². The Hall–Kier alpha value is -2.88. The number of nitrogens with zero attached hydrogens (tertiary/aromatic N) is 3. The first-order valence-electron chi connectivity index (χ1n) is 8.64. The average Bonchev–Trinajstić information content (AvgIpc) is 2.83. The molecular weight excluding hydrogens is 382 g/mol. The van der Waals surface area contributed by atoms with Gasteiger partial charge < -0.3 is 5.11 Å². The molecule has 4 rings (SSSR count). The van der Waals surface area contributed by atoms with E-state index >= 15 is 0 Å². The molecule has 28 heavy (non-hydrogen) atoms. The molecule has 8 nitrogen and oxygen atoms in total. The Balaban J connectivity index is 1.61. The van der Waals surface area contributed by atoms with E-state index in [0.717, 1.165) is 9.21 Å². The van der Waals surface area contributed by atoms with Crippen LogP contribution in [0.1, 0.15) is 20.7 Å². The lowest BCUT2D eigenvalue weighted by molar-refractivity contribution is 0.0410. The molecule has 2 aliphatic heterocycles. The predicted octanol–water partition coefficient (Wildman–Crippen LogP) is 0.668. The quantitative estimate of drug-likeness (QED) is 0.600. The first-order valence-corrected chi connectivity index (χ1v) is 10.1. The first-order chi connectivity index (χ1) is 13.4. The van der Waals surface area contributed by atoms with Gasteiger partial charge in [-0.15, -0.1) is 0 Å². The van der Waals surface area contributed by atoms with Crippen molar-refractivity contribution in [2.75, 3.05) is 13.1 Å². The number of hydrogen-bond donors (Lipinski definition) is 1. The number of rotatable bonds is 3. The highest BCUT2D eigenvalue weighted by molar-refractivity contribution is 7.89. The number of hydrogen-bond acceptors (Lipinski definition) is 6. The summed E-state index contributed by atoms with van der Waals surface area (Å²) >= 11 is 0. The summed E-state index contributed by atoms with van der Waals surface area (Å²) in [5, 5.41) is 10.6. The third-order valence-electron chi connectivity index (χ3n) is 4.79. The molecule has 0 fully saturated rings. The Morgan fingerprint density at radius 1 is 1.00 bits per heavy atom. The van der Waals surface area contributed by atoms with Crippen LogP contribution >= 0.6 is 0 Å². The van der Waals surface area contributed by atoms with Crippen molar-refractivity contribution in [3.63, 3.8) is 0 Å². The number of carbonyl (C=O) groups excluding carboxylic acids is 2. The molecule has 144 valence electrons. The number of benzene rings is 1. The highest BCUT2D eigenvalue weighted by Gasteiger charge is 2.43. The van der Waals surface area contributed by atoms with Gasteiger partial charge in [-0.25, -0.2) is 13.4 Å². The van der Waals surface area contributed by atoms with Crippen LogP contribution in [0.4, 0.5) is 0 Å². The molecule has 0 unspecified atom stereocenters. The minimum absolute atomic E-state index is 0.00433. The van der Waals surface area contributed by atoms with Gasteiger partial charge in [0.05, 0.1) is 23.3 Å². The summed E-state index contributed by atoms with van der Waals surface area (Å²) in [6.07, 6.45) is 3.13. The number of sulfonamides is 1. The van der Waals surface area contributed by atoms with E-state index in [2.05, 4.69) is 4.98 Å². The highest BCUT2D eigenvalue weighted by atomic mass is 32.2. The second-order valence-corrected chi connectivity index (χ2v) is 8.39. The van der Waals surface area contributed by atoms with Crippen LogP contribution in [0.2, 0.25) is 0 Å². The molecule has 0 saturated carbocycles. The normalized spacial score (nSPS) is 23.0. The molecule has 0 saturated heterocycles.